The number of hydrogen-bond donors (Lipinski definition) is 1. The lowest BCUT2D eigenvalue weighted by Gasteiger charge is -2.34. The van der Waals surface area contributed by atoms with Gasteiger partial charge in [0.25, 0.3) is 0 Å². The Morgan fingerprint density at radius 2 is 2.08 bits per heavy atom. The Balaban J connectivity index is 1.34. The van der Waals surface area contributed by atoms with Gasteiger partial charge in [0.05, 0.1) is 10.7 Å². The largest absolute Gasteiger partial charge is 0.342 e. The van der Waals surface area contributed by atoms with Crippen LogP contribution in [0.1, 0.15) is 81.3 Å². The summed E-state index contributed by atoms with van der Waals surface area (Å²) in [6, 6.07) is 1.35. The lowest BCUT2D eigenvalue weighted by atomic mass is 9.88. The Labute approximate surface area is 155 Å². The zero-order valence-corrected chi connectivity index (χ0v) is 16.4. The highest BCUT2D eigenvalue weighted by molar-refractivity contribution is 7.09. The number of thiazole rings is 1. The molecule has 1 aromatic heterocycles. The number of amides is 1. The summed E-state index contributed by atoms with van der Waals surface area (Å²) in [5, 5.41) is 7.12. The van der Waals surface area contributed by atoms with E-state index in [0.717, 1.165) is 25.9 Å². The first kappa shape index (κ1) is 17.5. The van der Waals surface area contributed by atoms with Crippen molar-refractivity contribution in [1.82, 2.24) is 15.2 Å². The maximum atomic E-state index is 12.9. The second kappa shape index (κ2) is 7.36. The van der Waals surface area contributed by atoms with Crippen LogP contribution in [0.2, 0.25) is 0 Å². The number of nitrogens with zero attached hydrogens (tertiary/aromatic N) is 2. The molecule has 0 aromatic carbocycles. The molecule has 25 heavy (non-hydrogen) atoms. The third-order valence-corrected chi connectivity index (χ3v) is 7.31. The minimum Gasteiger partial charge on any atom is -0.342 e. The van der Waals surface area contributed by atoms with Gasteiger partial charge in [-0.25, -0.2) is 4.98 Å². The first-order valence-electron chi connectivity index (χ1n) is 10.1. The highest BCUT2D eigenvalue weighted by Crippen LogP contribution is 2.35. The molecule has 1 aromatic rings. The van der Waals surface area contributed by atoms with E-state index in [1.54, 1.807) is 11.3 Å². The molecule has 3 unspecified atom stereocenters. The summed E-state index contributed by atoms with van der Waals surface area (Å²) in [5.41, 5.74) is 1.20. The SMILES string of the molecule is CC(C)c1csc(C2CCCN(C(=O)CC3CC4CCC(C3)N4)C2)n1. The molecule has 3 saturated heterocycles. The second-order valence-electron chi connectivity index (χ2n) is 8.62. The first-order valence-corrected chi connectivity index (χ1v) is 11.0. The van der Waals surface area contributed by atoms with Gasteiger partial charge in [0, 0.05) is 42.9 Å². The van der Waals surface area contributed by atoms with Gasteiger partial charge in [-0.3, -0.25) is 4.79 Å². The first-order chi connectivity index (χ1) is 12.1. The molecule has 4 heterocycles. The number of nitrogens with one attached hydrogen (secondary N) is 1. The average Bonchev–Trinajstić information content (AvgIpc) is 3.22. The zero-order valence-electron chi connectivity index (χ0n) is 15.5. The van der Waals surface area contributed by atoms with Crippen molar-refractivity contribution in [3.63, 3.8) is 0 Å². The van der Waals surface area contributed by atoms with E-state index in [9.17, 15) is 4.79 Å². The Kier molecular flexibility index (Phi) is 5.14. The monoisotopic (exact) mass is 361 g/mol. The Hall–Kier alpha value is -0.940. The summed E-state index contributed by atoms with van der Waals surface area (Å²) in [4.78, 5) is 19.9. The number of carbonyl (C=O) groups excluding carboxylic acids is 1. The average molecular weight is 362 g/mol. The van der Waals surface area contributed by atoms with Gasteiger partial charge in [-0.2, -0.15) is 0 Å². The van der Waals surface area contributed by atoms with Crippen molar-refractivity contribution >= 4 is 17.2 Å². The van der Waals surface area contributed by atoms with E-state index >= 15 is 0 Å². The van der Waals surface area contributed by atoms with Crippen molar-refractivity contribution in [1.29, 1.82) is 0 Å². The molecule has 1 amide bonds. The molecule has 2 bridgehead atoms. The van der Waals surface area contributed by atoms with Crippen LogP contribution >= 0.6 is 11.3 Å². The summed E-state index contributed by atoms with van der Waals surface area (Å²) in [6.45, 7) is 6.21. The molecule has 4 rings (SSSR count). The van der Waals surface area contributed by atoms with Crippen LogP contribution in [0.15, 0.2) is 5.38 Å². The number of hydrogen-bond acceptors (Lipinski definition) is 4. The molecule has 5 heteroatoms. The fraction of sp³-hybridized carbons (Fsp3) is 0.800. The molecule has 3 aliphatic rings. The molecular weight excluding hydrogens is 330 g/mol. The van der Waals surface area contributed by atoms with Gasteiger partial charge in [-0.15, -0.1) is 11.3 Å². The summed E-state index contributed by atoms with van der Waals surface area (Å²) in [6.07, 6.45) is 8.06. The molecule has 3 atom stereocenters. The maximum Gasteiger partial charge on any atom is 0.222 e. The third-order valence-electron chi connectivity index (χ3n) is 6.29. The van der Waals surface area contributed by atoms with Crippen molar-refractivity contribution in [2.75, 3.05) is 13.1 Å². The summed E-state index contributed by atoms with van der Waals surface area (Å²) in [5.74, 6) is 1.91. The number of fused-ring (bicyclic) bond motifs is 2. The van der Waals surface area contributed by atoms with Gasteiger partial charge >= 0.3 is 0 Å². The lowest BCUT2D eigenvalue weighted by molar-refractivity contribution is -0.133. The smallest absolute Gasteiger partial charge is 0.222 e. The van der Waals surface area contributed by atoms with Crippen molar-refractivity contribution in [3.8, 4) is 0 Å². The molecule has 1 N–H and O–H groups in total. The van der Waals surface area contributed by atoms with Crippen molar-refractivity contribution in [2.45, 2.75) is 82.7 Å². The number of aromatic nitrogens is 1. The molecule has 3 aliphatic heterocycles. The molecule has 138 valence electrons. The highest BCUT2D eigenvalue weighted by Gasteiger charge is 2.35. The molecule has 0 spiro atoms. The van der Waals surface area contributed by atoms with E-state index in [4.69, 9.17) is 4.98 Å². The normalized spacial score (nSPS) is 32.4. The maximum absolute atomic E-state index is 12.9. The van der Waals surface area contributed by atoms with Crippen molar-refractivity contribution < 1.29 is 4.79 Å². The summed E-state index contributed by atoms with van der Waals surface area (Å²) in [7, 11) is 0. The molecule has 0 saturated carbocycles. The van der Waals surface area contributed by atoms with E-state index < -0.39 is 0 Å². The van der Waals surface area contributed by atoms with E-state index in [-0.39, 0.29) is 0 Å². The third kappa shape index (κ3) is 3.92. The van der Waals surface area contributed by atoms with Crippen LogP contribution in [-0.4, -0.2) is 41.0 Å². The van der Waals surface area contributed by atoms with Gasteiger partial charge in [0.1, 0.15) is 0 Å². The van der Waals surface area contributed by atoms with Crippen LogP contribution in [-0.2, 0) is 4.79 Å². The van der Waals surface area contributed by atoms with Gasteiger partial charge in [-0.05, 0) is 50.4 Å². The molecule has 3 fully saturated rings. The van der Waals surface area contributed by atoms with Crippen LogP contribution in [0.4, 0.5) is 0 Å². The van der Waals surface area contributed by atoms with Gasteiger partial charge < -0.3 is 10.2 Å². The fourth-order valence-corrected chi connectivity index (χ4v) is 5.99. The van der Waals surface area contributed by atoms with Crippen LogP contribution in [0.25, 0.3) is 0 Å². The molecule has 0 radical (unpaired) electrons. The van der Waals surface area contributed by atoms with Crippen LogP contribution in [0.3, 0.4) is 0 Å². The predicted molar refractivity (Wildman–Crippen MR) is 102 cm³/mol. The van der Waals surface area contributed by atoms with E-state index in [0.29, 0.717) is 35.7 Å². The fourth-order valence-electron chi connectivity index (χ4n) is 4.88. The Morgan fingerprint density at radius 1 is 1.32 bits per heavy atom. The minimum atomic E-state index is 0.386. The van der Waals surface area contributed by atoms with E-state index in [1.165, 1.54) is 42.8 Å². The lowest BCUT2D eigenvalue weighted by Crippen LogP contribution is -2.43. The van der Waals surface area contributed by atoms with Crippen LogP contribution < -0.4 is 5.32 Å². The Morgan fingerprint density at radius 3 is 2.76 bits per heavy atom. The topological polar surface area (TPSA) is 45.2 Å². The number of carbonyl (C=O) groups is 1. The van der Waals surface area contributed by atoms with Gasteiger partial charge in [0.2, 0.25) is 5.91 Å². The molecule has 4 nitrogen and oxygen atoms in total. The van der Waals surface area contributed by atoms with Crippen LogP contribution in [0, 0.1) is 5.92 Å². The van der Waals surface area contributed by atoms with Crippen molar-refractivity contribution in [2.24, 2.45) is 5.92 Å². The number of likely N-dealkylation sites (tertiary alicyclic amines) is 1. The summed E-state index contributed by atoms with van der Waals surface area (Å²) < 4.78 is 0. The van der Waals surface area contributed by atoms with Crippen LogP contribution in [0.5, 0.6) is 0 Å². The van der Waals surface area contributed by atoms with Gasteiger partial charge in [0.15, 0.2) is 0 Å². The Bertz CT molecular complexity index is 602. The minimum absolute atomic E-state index is 0.386. The zero-order chi connectivity index (χ0) is 17.4. The standard InChI is InChI=1S/C20H31N3OS/c1-13(2)18-12-25-20(22-18)15-4-3-7-23(11-15)19(24)10-14-8-16-5-6-17(9-14)21-16/h12-17,21H,3-11H2,1-2H3. The molecular formula is C20H31N3OS. The number of rotatable bonds is 4. The number of piperidine rings is 2. The quantitative estimate of drug-likeness (QED) is 0.885. The highest BCUT2D eigenvalue weighted by atomic mass is 32.1. The van der Waals surface area contributed by atoms with Gasteiger partial charge in [-0.1, -0.05) is 13.8 Å². The second-order valence-corrected chi connectivity index (χ2v) is 9.51. The van der Waals surface area contributed by atoms with E-state index in [2.05, 4.69) is 29.4 Å². The van der Waals surface area contributed by atoms with Crippen molar-refractivity contribution in [3.05, 3.63) is 16.1 Å². The van der Waals surface area contributed by atoms with E-state index in [1.807, 2.05) is 0 Å². The molecule has 0 aliphatic carbocycles. The summed E-state index contributed by atoms with van der Waals surface area (Å²) >= 11 is 1.79. The predicted octanol–water partition coefficient (Wildman–Crippen LogP) is 3.89.